The van der Waals surface area contributed by atoms with Crippen molar-refractivity contribution in [3.63, 3.8) is 0 Å². The van der Waals surface area contributed by atoms with Crippen LogP contribution >= 0.6 is 0 Å². The zero-order chi connectivity index (χ0) is 14.1. The average Bonchev–Trinajstić information content (AvgIpc) is 2.71. The van der Waals surface area contributed by atoms with Gasteiger partial charge in [0.15, 0.2) is 9.84 Å². The fourth-order valence-electron chi connectivity index (χ4n) is 2.78. The van der Waals surface area contributed by atoms with Gasteiger partial charge in [0.1, 0.15) is 0 Å². The zero-order valence-corrected chi connectivity index (χ0v) is 12.8. The molecule has 8 heteroatoms. The van der Waals surface area contributed by atoms with Gasteiger partial charge in [0.05, 0.1) is 16.8 Å². The number of hydrogen-bond donors (Lipinski definition) is 1. The molecule has 1 N–H and O–H groups in total. The van der Waals surface area contributed by atoms with Crippen LogP contribution in [0.1, 0.15) is 19.3 Å². The highest BCUT2D eigenvalue weighted by Gasteiger charge is 2.39. The molecular formula is C11H22N2O4S2. The summed E-state index contributed by atoms with van der Waals surface area (Å²) in [6.07, 6.45) is 2.19. The van der Waals surface area contributed by atoms with E-state index in [1.165, 1.54) is 4.31 Å². The Kier molecular flexibility index (Phi) is 4.54. The monoisotopic (exact) mass is 310 g/mol. The molecular weight excluding hydrogens is 288 g/mol. The Hall–Kier alpha value is -0.180. The highest BCUT2D eigenvalue weighted by Crippen LogP contribution is 2.23. The fraction of sp³-hybridized carbons (Fsp3) is 1.00. The molecule has 0 aromatic carbocycles. The van der Waals surface area contributed by atoms with Crippen LogP contribution < -0.4 is 5.32 Å². The lowest BCUT2D eigenvalue weighted by molar-refractivity contribution is 0.309. The molecule has 0 radical (unpaired) electrons. The first-order valence-corrected chi connectivity index (χ1v) is 10.00. The molecule has 2 aliphatic heterocycles. The largest absolute Gasteiger partial charge is 0.317 e. The molecule has 19 heavy (non-hydrogen) atoms. The van der Waals surface area contributed by atoms with Crippen LogP contribution in [-0.4, -0.2) is 64.6 Å². The van der Waals surface area contributed by atoms with E-state index < -0.39 is 25.1 Å². The Morgan fingerprint density at radius 2 is 1.84 bits per heavy atom. The summed E-state index contributed by atoms with van der Waals surface area (Å²) in [6, 6.07) is 0. The first-order chi connectivity index (χ1) is 8.81. The molecule has 0 amide bonds. The Balaban J connectivity index is 1.99. The minimum atomic E-state index is -3.48. The van der Waals surface area contributed by atoms with E-state index in [4.69, 9.17) is 0 Å². The fourth-order valence-corrected chi connectivity index (χ4v) is 7.13. The second-order valence-corrected chi connectivity index (χ2v) is 10.1. The van der Waals surface area contributed by atoms with Crippen molar-refractivity contribution in [3.8, 4) is 0 Å². The Morgan fingerprint density at radius 1 is 1.21 bits per heavy atom. The summed E-state index contributed by atoms with van der Waals surface area (Å²) in [5, 5.41) is 2.50. The third-order valence-corrected chi connectivity index (χ3v) is 8.26. The number of nitrogens with one attached hydrogen (secondary N) is 1. The van der Waals surface area contributed by atoms with Crippen LogP contribution in [0.5, 0.6) is 0 Å². The predicted molar refractivity (Wildman–Crippen MR) is 74.2 cm³/mol. The molecule has 112 valence electrons. The van der Waals surface area contributed by atoms with Crippen molar-refractivity contribution < 1.29 is 16.8 Å². The second kappa shape index (κ2) is 5.67. The van der Waals surface area contributed by atoms with E-state index >= 15 is 0 Å². The summed E-state index contributed by atoms with van der Waals surface area (Å²) >= 11 is 0. The number of piperidine rings is 1. The molecule has 0 aromatic rings. The third kappa shape index (κ3) is 3.68. The number of sulfonamides is 1. The smallest absolute Gasteiger partial charge is 0.217 e. The molecule has 2 rings (SSSR count). The summed E-state index contributed by atoms with van der Waals surface area (Å²) in [4.78, 5) is 0. The standard InChI is InChI=1S/C11H22N2O4S2/c1-13(8-10-2-5-12-6-3-10)19(16,17)11-4-7-18(14,15)9-11/h10-12H,2-9H2,1H3. The topological polar surface area (TPSA) is 83.6 Å². The normalized spacial score (nSPS) is 28.8. The van der Waals surface area contributed by atoms with Gasteiger partial charge in [0.2, 0.25) is 10.0 Å². The van der Waals surface area contributed by atoms with Crippen LogP contribution in [0.25, 0.3) is 0 Å². The summed E-state index contributed by atoms with van der Waals surface area (Å²) in [5.41, 5.74) is 0. The lowest BCUT2D eigenvalue weighted by Gasteiger charge is -2.28. The second-order valence-electron chi connectivity index (χ2n) is 5.54. The molecule has 2 fully saturated rings. The van der Waals surface area contributed by atoms with Crippen molar-refractivity contribution in [1.82, 2.24) is 9.62 Å². The van der Waals surface area contributed by atoms with Crippen LogP contribution in [0.15, 0.2) is 0 Å². The minimum absolute atomic E-state index is 0.00190. The van der Waals surface area contributed by atoms with Crippen LogP contribution in [0, 0.1) is 5.92 Å². The lowest BCUT2D eigenvalue weighted by Crippen LogP contribution is -2.41. The maximum atomic E-state index is 12.3. The van der Waals surface area contributed by atoms with Crippen LogP contribution in [-0.2, 0) is 19.9 Å². The number of rotatable bonds is 4. The van der Waals surface area contributed by atoms with Crippen molar-refractivity contribution in [2.45, 2.75) is 24.5 Å². The SMILES string of the molecule is CN(CC1CCNCC1)S(=O)(=O)C1CCS(=O)(=O)C1. The van der Waals surface area contributed by atoms with Crippen LogP contribution in [0.3, 0.4) is 0 Å². The van der Waals surface area contributed by atoms with Gasteiger partial charge in [-0.1, -0.05) is 0 Å². The molecule has 6 nitrogen and oxygen atoms in total. The van der Waals surface area contributed by atoms with E-state index in [1.54, 1.807) is 7.05 Å². The van der Waals surface area contributed by atoms with Crippen molar-refractivity contribution in [2.24, 2.45) is 5.92 Å². The summed E-state index contributed by atoms with van der Waals surface area (Å²) in [5.74, 6) is 0.156. The highest BCUT2D eigenvalue weighted by molar-refractivity contribution is 7.95. The predicted octanol–water partition coefficient (Wildman–Crippen LogP) is -0.565. The molecule has 0 aliphatic carbocycles. The van der Waals surface area contributed by atoms with E-state index in [0.29, 0.717) is 12.5 Å². The molecule has 1 unspecified atom stereocenters. The van der Waals surface area contributed by atoms with Crippen LogP contribution in [0.4, 0.5) is 0 Å². The summed E-state index contributed by atoms with van der Waals surface area (Å²) < 4.78 is 48.9. The van der Waals surface area contributed by atoms with Gasteiger partial charge in [-0.05, 0) is 38.3 Å². The van der Waals surface area contributed by atoms with Gasteiger partial charge in [0, 0.05) is 13.6 Å². The molecule has 2 aliphatic rings. The first-order valence-electron chi connectivity index (χ1n) is 6.67. The van der Waals surface area contributed by atoms with Crippen LogP contribution in [0.2, 0.25) is 0 Å². The maximum Gasteiger partial charge on any atom is 0.217 e. The number of nitrogens with zero attached hydrogens (tertiary/aromatic N) is 1. The van der Waals surface area contributed by atoms with E-state index in [2.05, 4.69) is 5.32 Å². The Morgan fingerprint density at radius 3 is 2.37 bits per heavy atom. The Labute approximate surface area is 115 Å². The zero-order valence-electron chi connectivity index (χ0n) is 11.2. The molecule has 2 saturated heterocycles. The quantitative estimate of drug-likeness (QED) is 0.752. The summed E-state index contributed by atoms with van der Waals surface area (Å²) in [7, 11) is -5.06. The number of hydrogen-bond acceptors (Lipinski definition) is 5. The molecule has 2 heterocycles. The lowest BCUT2D eigenvalue weighted by atomic mass is 9.98. The molecule has 0 saturated carbocycles. The summed E-state index contributed by atoms with van der Waals surface area (Å²) in [6.45, 7) is 2.35. The molecule has 0 spiro atoms. The van der Waals surface area contributed by atoms with Crippen molar-refractivity contribution in [2.75, 3.05) is 38.2 Å². The molecule has 0 bridgehead atoms. The van der Waals surface area contributed by atoms with Gasteiger partial charge in [-0.25, -0.2) is 21.1 Å². The number of sulfone groups is 1. The van der Waals surface area contributed by atoms with Crippen molar-refractivity contribution in [3.05, 3.63) is 0 Å². The third-order valence-electron chi connectivity index (χ3n) is 4.02. The van der Waals surface area contributed by atoms with E-state index in [-0.39, 0.29) is 17.9 Å². The van der Waals surface area contributed by atoms with E-state index in [0.717, 1.165) is 25.9 Å². The van der Waals surface area contributed by atoms with E-state index in [1.807, 2.05) is 0 Å². The van der Waals surface area contributed by atoms with Gasteiger partial charge >= 0.3 is 0 Å². The van der Waals surface area contributed by atoms with Gasteiger partial charge in [0.25, 0.3) is 0 Å². The van der Waals surface area contributed by atoms with Gasteiger partial charge < -0.3 is 5.32 Å². The van der Waals surface area contributed by atoms with Crippen molar-refractivity contribution >= 4 is 19.9 Å². The molecule has 1 atom stereocenters. The van der Waals surface area contributed by atoms with Crippen molar-refractivity contribution in [1.29, 1.82) is 0 Å². The first kappa shape index (κ1) is 15.2. The maximum absolute atomic E-state index is 12.3. The average molecular weight is 310 g/mol. The highest BCUT2D eigenvalue weighted by atomic mass is 32.2. The molecule has 0 aromatic heterocycles. The van der Waals surface area contributed by atoms with Gasteiger partial charge in [-0.15, -0.1) is 0 Å². The minimum Gasteiger partial charge on any atom is -0.317 e. The van der Waals surface area contributed by atoms with E-state index in [9.17, 15) is 16.8 Å². The Bertz CT molecular complexity index is 509. The van der Waals surface area contributed by atoms with Gasteiger partial charge in [-0.3, -0.25) is 0 Å². The van der Waals surface area contributed by atoms with Gasteiger partial charge in [-0.2, -0.15) is 0 Å².